The van der Waals surface area contributed by atoms with E-state index in [2.05, 4.69) is 16.7 Å². The number of sulfone groups is 1. The van der Waals surface area contributed by atoms with E-state index in [4.69, 9.17) is 5.26 Å². The van der Waals surface area contributed by atoms with E-state index in [1.165, 1.54) is 5.56 Å². The van der Waals surface area contributed by atoms with Crippen LogP contribution >= 0.6 is 0 Å². The molecule has 0 radical (unpaired) electrons. The standard InChI is InChI=1S/C25H30N4O4S/c1-18-4-9-22(28-25(31)27-12-3-15-34(2,32)33)16-23(18)24(30)29-13-10-21(11-14-29)20-7-5-19(17-26)6-8-20/h4-9,16,21H,3,10-15H2,1-2H3,(H2,27,28,31). The molecule has 1 saturated heterocycles. The van der Waals surface area contributed by atoms with E-state index < -0.39 is 15.9 Å². The van der Waals surface area contributed by atoms with Crippen molar-refractivity contribution < 1.29 is 18.0 Å². The molecule has 1 fully saturated rings. The molecular weight excluding hydrogens is 452 g/mol. The number of urea groups is 1. The third-order valence-corrected chi connectivity index (χ3v) is 7.03. The van der Waals surface area contributed by atoms with Crippen LogP contribution in [0.4, 0.5) is 10.5 Å². The fourth-order valence-corrected chi connectivity index (χ4v) is 4.73. The Labute approximate surface area is 200 Å². The molecule has 0 aromatic heterocycles. The number of carbonyl (C=O) groups excluding carboxylic acids is 2. The van der Waals surface area contributed by atoms with Crippen molar-refractivity contribution in [2.45, 2.75) is 32.1 Å². The molecule has 2 aromatic rings. The Hall–Kier alpha value is -3.38. The van der Waals surface area contributed by atoms with E-state index in [1.54, 1.807) is 18.2 Å². The highest BCUT2D eigenvalue weighted by Gasteiger charge is 2.25. The van der Waals surface area contributed by atoms with E-state index in [9.17, 15) is 18.0 Å². The van der Waals surface area contributed by atoms with Crippen molar-refractivity contribution in [3.8, 4) is 6.07 Å². The summed E-state index contributed by atoms with van der Waals surface area (Å²) >= 11 is 0. The maximum Gasteiger partial charge on any atom is 0.319 e. The zero-order chi connectivity index (χ0) is 24.7. The van der Waals surface area contributed by atoms with Crippen LogP contribution < -0.4 is 10.6 Å². The number of benzene rings is 2. The Morgan fingerprint density at radius 1 is 1.12 bits per heavy atom. The van der Waals surface area contributed by atoms with E-state index >= 15 is 0 Å². The maximum absolute atomic E-state index is 13.2. The van der Waals surface area contributed by atoms with Crippen LogP contribution in [0.2, 0.25) is 0 Å². The smallest absolute Gasteiger partial charge is 0.319 e. The van der Waals surface area contributed by atoms with Crippen LogP contribution in [0.15, 0.2) is 42.5 Å². The Morgan fingerprint density at radius 2 is 1.79 bits per heavy atom. The topological polar surface area (TPSA) is 119 Å². The van der Waals surface area contributed by atoms with Crippen molar-refractivity contribution >= 4 is 27.5 Å². The fourth-order valence-electron chi connectivity index (χ4n) is 4.06. The average Bonchev–Trinajstić information content (AvgIpc) is 2.82. The third kappa shape index (κ3) is 7.06. The summed E-state index contributed by atoms with van der Waals surface area (Å²) in [5.41, 5.74) is 3.71. The molecule has 9 heteroatoms. The number of rotatable bonds is 7. The molecular formula is C25H30N4O4S. The van der Waals surface area contributed by atoms with Crippen molar-refractivity contribution in [3.63, 3.8) is 0 Å². The number of aryl methyl sites for hydroxylation is 1. The summed E-state index contributed by atoms with van der Waals surface area (Å²) in [5, 5.41) is 14.3. The van der Waals surface area contributed by atoms with Gasteiger partial charge in [0.1, 0.15) is 9.84 Å². The monoisotopic (exact) mass is 482 g/mol. The predicted molar refractivity (Wildman–Crippen MR) is 132 cm³/mol. The largest absolute Gasteiger partial charge is 0.339 e. The second-order valence-electron chi connectivity index (χ2n) is 8.69. The van der Waals surface area contributed by atoms with Gasteiger partial charge in [-0.2, -0.15) is 5.26 Å². The van der Waals surface area contributed by atoms with E-state index in [0.29, 0.717) is 42.2 Å². The first-order chi connectivity index (χ1) is 16.2. The molecule has 0 aliphatic carbocycles. The first-order valence-corrected chi connectivity index (χ1v) is 13.3. The van der Waals surface area contributed by atoms with Crippen LogP contribution in [0.5, 0.6) is 0 Å². The number of nitrogens with zero attached hydrogens (tertiary/aromatic N) is 2. The van der Waals surface area contributed by atoms with Gasteiger partial charge >= 0.3 is 6.03 Å². The van der Waals surface area contributed by atoms with E-state index in [1.807, 2.05) is 36.1 Å². The lowest BCUT2D eigenvalue weighted by atomic mass is 9.88. The lowest BCUT2D eigenvalue weighted by molar-refractivity contribution is 0.0712. The maximum atomic E-state index is 13.2. The molecule has 34 heavy (non-hydrogen) atoms. The Bertz CT molecular complexity index is 1180. The van der Waals surface area contributed by atoms with Gasteiger partial charge in [0.15, 0.2) is 0 Å². The molecule has 8 nitrogen and oxygen atoms in total. The zero-order valence-electron chi connectivity index (χ0n) is 19.5. The SMILES string of the molecule is Cc1ccc(NC(=O)NCCCS(C)(=O)=O)cc1C(=O)N1CCC(c2ccc(C#N)cc2)CC1. The minimum Gasteiger partial charge on any atom is -0.339 e. The summed E-state index contributed by atoms with van der Waals surface area (Å²) in [7, 11) is -3.06. The van der Waals surface area contributed by atoms with E-state index in [0.717, 1.165) is 24.7 Å². The normalized spacial score (nSPS) is 14.3. The highest BCUT2D eigenvalue weighted by molar-refractivity contribution is 7.90. The lowest BCUT2D eigenvalue weighted by Gasteiger charge is -2.32. The number of nitriles is 1. The Kier molecular flexibility index (Phi) is 8.29. The summed E-state index contributed by atoms with van der Waals surface area (Å²) < 4.78 is 22.3. The molecule has 1 aliphatic heterocycles. The molecule has 0 spiro atoms. The molecule has 0 saturated carbocycles. The van der Waals surface area contributed by atoms with Gasteiger partial charge in [0.25, 0.3) is 5.91 Å². The summed E-state index contributed by atoms with van der Waals surface area (Å²) in [4.78, 5) is 27.2. The van der Waals surface area contributed by atoms with Crippen LogP contribution in [0.3, 0.4) is 0 Å². The molecule has 0 unspecified atom stereocenters. The third-order valence-electron chi connectivity index (χ3n) is 6.00. The molecule has 0 atom stereocenters. The number of hydrogen-bond donors (Lipinski definition) is 2. The summed E-state index contributed by atoms with van der Waals surface area (Å²) in [5.74, 6) is 0.309. The molecule has 3 amide bonds. The quantitative estimate of drug-likeness (QED) is 0.586. The highest BCUT2D eigenvalue weighted by Crippen LogP contribution is 2.29. The van der Waals surface area contributed by atoms with Gasteiger partial charge in [-0.05, 0) is 67.5 Å². The molecule has 0 bridgehead atoms. The van der Waals surface area contributed by atoms with Crippen LogP contribution in [0.25, 0.3) is 0 Å². The number of likely N-dealkylation sites (tertiary alicyclic amines) is 1. The number of amides is 3. The van der Waals surface area contributed by atoms with Crippen LogP contribution in [-0.4, -0.2) is 56.9 Å². The number of piperidine rings is 1. The van der Waals surface area contributed by atoms with Gasteiger partial charge in [-0.3, -0.25) is 4.79 Å². The minimum absolute atomic E-state index is 0.0122. The van der Waals surface area contributed by atoms with Gasteiger partial charge in [0, 0.05) is 37.1 Å². The Morgan fingerprint density at radius 3 is 2.41 bits per heavy atom. The summed E-state index contributed by atoms with van der Waals surface area (Å²) in [6, 6.07) is 14.5. The van der Waals surface area contributed by atoms with Gasteiger partial charge in [-0.1, -0.05) is 18.2 Å². The van der Waals surface area contributed by atoms with Crippen molar-refractivity contribution in [3.05, 3.63) is 64.7 Å². The first-order valence-electron chi connectivity index (χ1n) is 11.3. The van der Waals surface area contributed by atoms with Gasteiger partial charge in [0.2, 0.25) is 0 Å². The predicted octanol–water partition coefficient (Wildman–Crippen LogP) is 3.44. The number of nitrogens with one attached hydrogen (secondary N) is 2. The van der Waals surface area contributed by atoms with Gasteiger partial charge < -0.3 is 15.5 Å². The second-order valence-corrected chi connectivity index (χ2v) is 11.0. The van der Waals surface area contributed by atoms with Gasteiger partial charge in [-0.25, -0.2) is 13.2 Å². The molecule has 180 valence electrons. The molecule has 1 aliphatic rings. The fraction of sp³-hybridized carbons (Fsp3) is 0.400. The van der Waals surface area contributed by atoms with Crippen molar-refractivity contribution in [2.24, 2.45) is 0 Å². The average molecular weight is 483 g/mol. The van der Waals surface area contributed by atoms with Crippen molar-refractivity contribution in [2.75, 3.05) is 37.0 Å². The second kappa shape index (κ2) is 11.2. The van der Waals surface area contributed by atoms with Crippen LogP contribution in [0, 0.1) is 18.3 Å². The highest BCUT2D eigenvalue weighted by atomic mass is 32.2. The number of anilines is 1. The van der Waals surface area contributed by atoms with Gasteiger partial charge in [-0.15, -0.1) is 0 Å². The molecule has 3 rings (SSSR count). The summed E-state index contributed by atoms with van der Waals surface area (Å²) in [6.07, 6.45) is 3.20. The zero-order valence-corrected chi connectivity index (χ0v) is 20.3. The lowest BCUT2D eigenvalue weighted by Crippen LogP contribution is -2.38. The van der Waals surface area contributed by atoms with Gasteiger partial charge in [0.05, 0.1) is 17.4 Å². The van der Waals surface area contributed by atoms with Crippen LogP contribution in [-0.2, 0) is 9.84 Å². The van der Waals surface area contributed by atoms with E-state index in [-0.39, 0.29) is 18.2 Å². The van der Waals surface area contributed by atoms with Crippen LogP contribution in [0.1, 0.15) is 52.2 Å². The molecule has 2 aromatic carbocycles. The molecule has 2 N–H and O–H groups in total. The minimum atomic E-state index is -3.06. The number of hydrogen-bond acceptors (Lipinski definition) is 5. The summed E-state index contributed by atoms with van der Waals surface area (Å²) in [6.45, 7) is 3.39. The first kappa shape index (κ1) is 25.2. The Balaban J connectivity index is 1.56. The number of carbonyl (C=O) groups is 2. The van der Waals surface area contributed by atoms with Crippen molar-refractivity contribution in [1.82, 2.24) is 10.2 Å². The molecule has 1 heterocycles. The van der Waals surface area contributed by atoms with Crippen molar-refractivity contribution in [1.29, 1.82) is 5.26 Å².